The van der Waals surface area contributed by atoms with Crippen LogP contribution in [0.5, 0.6) is 5.75 Å². The molecule has 3 rings (SSSR count). The Morgan fingerprint density at radius 2 is 2.19 bits per heavy atom. The Balaban J connectivity index is 1.76. The summed E-state index contributed by atoms with van der Waals surface area (Å²) in [6.07, 6.45) is 0.681. The quantitative estimate of drug-likeness (QED) is 0.884. The van der Waals surface area contributed by atoms with Crippen LogP contribution in [0.1, 0.15) is 24.7 Å². The molecule has 0 radical (unpaired) electrons. The van der Waals surface area contributed by atoms with Crippen LogP contribution in [0.15, 0.2) is 28.8 Å². The lowest BCUT2D eigenvalue weighted by Crippen LogP contribution is -2.48. The van der Waals surface area contributed by atoms with E-state index >= 15 is 0 Å². The standard InChI is InChI=1S/C14H16N4O3/c1-9-15-13(21-18-9)16-12(19)17-14(2)7-8-20-11-6-4-3-5-10(11)14/h3-6H,7-8H2,1-2H3,(H2,15,16,17,18,19). The van der Waals surface area contributed by atoms with E-state index in [2.05, 4.69) is 20.8 Å². The van der Waals surface area contributed by atoms with E-state index in [1.165, 1.54) is 0 Å². The number of carbonyl (C=O) groups excluding carboxylic acids is 1. The molecule has 2 amide bonds. The molecule has 0 saturated carbocycles. The van der Waals surface area contributed by atoms with Crippen LogP contribution in [0.25, 0.3) is 0 Å². The molecule has 0 spiro atoms. The van der Waals surface area contributed by atoms with Crippen molar-refractivity contribution in [3.8, 4) is 5.75 Å². The fourth-order valence-electron chi connectivity index (χ4n) is 2.40. The Bertz CT molecular complexity index is 670. The number of para-hydroxylation sites is 1. The van der Waals surface area contributed by atoms with Crippen LogP contribution in [-0.4, -0.2) is 22.8 Å². The minimum absolute atomic E-state index is 0.0777. The van der Waals surface area contributed by atoms with Crippen molar-refractivity contribution < 1.29 is 14.1 Å². The third kappa shape index (κ3) is 2.67. The second kappa shape index (κ2) is 5.08. The number of nitrogens with zero attached hydrogens (tertiary/aromatic N) is 2. The second-order valence-corrected chi connectivity index (χ2v) is 5.15. The maximum Gasteiger partial charge on any atom is 0.329 e. The highest BCUT2D eigenvalue weighted by atomic mass is 16.5. The Morgan fingerprint density at radius 3 is 2.95 bits per heavy atom. The molecule has 110 valence electrons. The summed E-state index contributed by atoms with van der Waals surface area (Å²) in [5.41, 5.74) is 0.446. The van der Waals surface area contributed by atoms with Crippen molar-refractivity contribution in [1.82, 2.24) is 15.5 Å². The van der Waals surface area contributed by atoms with Crippen LogP contribution >= 0.6 is 0 Å². The van der Waals surface area contributed by atoms with E-state index in [4.69, 9.17) is 9.26 Å². The first kappa shape index (κ1) is 13.4. The molecular formula is C14H16N4O3. The molecule has 1 aromatic heterocycles. The molecule has 7 heteroatoms. The lowest BCUT2D eigenvalue weighted by atomic mass is 9.86. The molecule has 2 aromatic rings. The molecule has 1 aromatic carbocycles. The summed E-state index contributed by atoms with van der Waals surface area (Å²) in [7, 11) is 0. The van der Waals surface area contributed by atoms with Gasteiger partial charge < -0.3 is 14.6 Å². The Hall–Kier alpha value is -2.57. The number of hydrogen-bond donors (Lipinski definition) is 2. The van der Waals surface area contributed by atoms with Gasteiger partial charge in [0.05, 0.1) is 12.1 Å². The highest BCUT2D eigenvalue weighted by Gasteiger charge is 2.34. The summed E-state index contributed by atoms with van der Waals surface area (Å²) >= 11 is 0. The van der Waals surface area contributed by atoms with Gasteiger partial charge in [0, 0.05) is 12.0 Å². The van der Waals surface area contributed by atoms with Crippen molar-refractivity contribution in [2.75, 3.05) is 11.9 Å². The average molecular weight is 288 g/mol. The van der Waals surface area contributed by atoms with E-state index < -0.39 is 11.6 Å². The molecule has 21 heavy (non-hydrogen) atoms. The van der Waals surface area contributed by atoms with Crippen LogP contribution in [0.4, 0.5) is 10.8 Å². The van der Waals surface area contributed by atoms with E-state index in [0.29, 0.717) is 18.9 Å². The number of benzene rings is 1. The first-order chi connectivity index (χ1) is 10.1. The van der Waals surface area contributed by atoms with E-state index in [1.807, 2.05) is 31.2 Å². The predicted octanol–water partition coefficient (Wildman–Crippen LogP) is 2.20. The molecule has 0 bridgehead atoms. The second-order valence-electron chi connectivity index (χ2n) is 5.15. The fourth-order valence-corrected chi connectivity index (χ4v) is 2.40. The van der Waals surface area contributed by atoms with Gasteiger partial charge in [-0.25, -0.2) is 4.79 Å². The summed E-state index contributed by atoms with van der Waals surface area (Å²) in [6, 6.07) is 7.37. The molecule has 2 heterocycles. The predicted molar refractivity (Wildman–Crippen MR) is 75.1 cm³/mol. The largest absolute Gasteiger partial charge is 0.493 e. The van der Waals surface area contributed by atoms with Crippen molar-refractivity contribution >= 4 is 12.0 Å². The molecule has 0 fully saturated rings. The van der Waals surface area contributed by atoms with Gasteiger partial charge in [0.15, 0.2) is 5.82 Å². The van der Waals surface area contributed by atoms with Gasteiger partial charge in [-0.1, -0.05) is 23.4 Å². The third-order valence-corrected chi connectivity index (χ3v) is 3.48. The number of ether oxygens (including phenoxy) is 1. The minimum Gasteiger partial charge on any atom is -0.493 e. The number of urea groups is 1. The Labute approximate surface area is 121 Å². The van der Waals surface area contributed by atoms with Gasteiger partial charge in [0.2, 0.25) is 0 Å². The molecule has 0 saturated heterocycles. The van der Waals surface area contributed by atoms with Gasteiger partial charge in [-0.15, -0.1) is 0 Å². The van der Waals surface area contributed by atoms with Gasteiger partial charge in [-0.2, -0.15) is 4.98 Å². The average Bonchev–Trinajstić information content (AvgIpc) is 2.84. The number of amides is 2. The lowest BCUT2D eigenvalue weighted by molar-refractivity contribution is 0.194. The molecular weight excluding hydrogens is 272 g/mol. The molecule has 0 aliphatic carbocycles. The number of nitrogens with one attached hydrogen (secondary N) is 2. The number of carbonyl (C=O) groups is 1. The summed E-state index contributed by atoms with van der Waals surface area (Å²) < 4.78 is 10.5. The number of aromatic nitrogens is 2. The van der Waals surface area contributed by atoms with Crippen LogP contribution in [0, 0.1) is 6.92 Å². The lowest BCUT2D eigenvalue weighted by Gasteiger charge is -2.36. The number of anilines is 1. The van der Waals surface area contributed by atoms with Crippen LogP contribution in [0.2, 0.25) is 0 Å². The zero-order valence-electron chi connectivity index (χ0n) is 11.8. The minimum atomic E-state index is -0.506. The summed E-state index contributed by atoms with van der Waals surface area (Å²) in [4.78, 5) is 16.1. The zero-order valence-corrected chi connectivity index (χ0v) is 11.8. The number of rotatable bonds is 2. The molecule has 7 nitrogen and oxygen atoms in total. The fraction of sp³-hybridized carbons (Fsp3) is 0.357. The monoisotopic (exact) mass is 288 g/mol. The van der Waals surface area contributed by atoms with Crippen molar-refractivity contribution in [1.29, 1.82) is 0 Å². The van der Waals surface area contributed by atoms with Crippen LogP contribution in [-0.2, 0) is 5.54 Å². The molecule has 1 aliphatic rings. The smallest absolute Gasteiger partial charge is 0.329 e. The van der Waals surface area contributed by atoms with E-state index in [9.17, 15) is 4.79 Å². The van der Waals surface area contributed by atoms with Crippen molar-refractivity contribution in [2.24, 2.45) is 0 Å². The van der Waals surface area contributed by atoms with Crippen LogP contribution in [0.3, 0.4) is 0 Å². The van der Waals surface area contributed by atoms with E-state index in [1.54, 1.807) is 6.92 Å². The number of fused-ring (bicyclic) bond motifs is 1. The highest BCUT2D eigenvalue weighted by Crippen LogP contribution is 2.36. The summed E-state index contributed by atoms with van der Waals surface area (Å²) in [5, 5.41) is 9.11. The Morgan fingerprint density at radius 1 is 1.38 bits per heavy atom. The molecule has 1 unspecified atom stereocenters. The maximum absolute atomic E-state index is 12.1. The van der Waals surface area contributed by atoms with Gasteiger partial charge >= 0.3 is 12.0 Å². The molecule has 1 atom stereocenters. The highest BCUT2D eigenvalue weighted by molar-refractivity contribution is 5.87. The van der Waals surface area contributed by atoms with Gasteiger partial charge in [-0.3, -0.25) is 5.32 Å². The third-order valence-electron chi connectivity index (χ3n) is 3.48. The summed E-state index contributed by atoms with van der Waals surface area (Å²) in [5.74, 6) is 1.26. The number of aryl methyl sites for hydroxylation is 1. The summed E-state index contributed by atoms with van der Waals surface area (Å²) in [6.45, 7) is 4.20. The van der Waals surface area contributed by atoms with Crippen molar-refractivity contribution in [2.45, 2.75) is 25.8 Å². The van der Waals surface area contributed by atoms with Gasteiger partial charge in [0.1, 0.15) is 5.75 Å². The maximum atomic E-state index is 12.1. The van der Waals surface area contributed by atoms with Crippen LogP contribution < -0.4 is 15.4 Å². The first-order valence-corrected chi connectivity index (χ1v) is 6.69. The Kier molecular flexibility index (Phi) is 3.25. The van der Waals surface area contributed by atoms with E-state index in [0.717, 1.165) is 11.3 Å². The van der Waals surface area contributed by atoms with Gasteiger partial charge in [-0.05, 0) is 19.9 Å². The van der Waals surface area contributed by atoms with Crippen molar-refractivity contribution in [3.05, 3.63) is 35.7 Å². The zero-order chi connectivity index (χ0) is 14.9. The normalized spacial score (nSPS) is 20.3. The van der Waals surface area contributed by atoms with Gasteiger partial charge in [0.25, 0.3) is 0 Å². The number of hydrogen-bond acceptors (Lipinski definition) is 5. The van der Waals surface area contributed by atoms with E-state index in [-0.39, 0.29) is 6.01 Å². The molecule has 2 N–H and O–H groups in total. The van der Waals surface area contributed by atoms with Crippen molar-refractivity contribution in [3.63, 3.8) is 0 Å². The topological polar surface area (TPSA) is 89.3 Å². The SMILES string of the molecule is Cc1noc(NC(=O)NC2(C)CCOc3ccccc32)n1. The first-order valence-electron chi connectivity index (χ1n) is 6.69. The molecule has 1 aliphatic heterocycles.